The fourth-order valence-corrected chi connectivity index (χ4v) is 4.51. The van der Waals surface area contributed by atoms with E-state index in [1.54, 1.807) is 29.2 Å². The highest BCUT2D eigenvalue weighted by atomic mass is 35.5. The molecular weight excluding hydrogens is 412 g/mol. The fourth-order valence-electron chi connectivity index (χ4n) is 4.38. The van der Waals surface area contributed by atoms with E-state index in [0.29, 0.717) is 35.4 Å². The van der Waals surface area contributed by atoms with Crippen molar-refractivity contribution in [2.75, 3.05) is 31.1 Å². The fraction of sp³-hybridized carbons (Fsp3) is 0.375. The topological polar surface area (TPSA) is 67.7 Å². The zero-order chi connectivity index (χ0) is 22.0. The Labute approximate surface area is 187 Å². The molecule has 0 radical (unpaired) electrons. The van der Waals surface area contributed by atoms with Crippen LogP contribution in [0.15, 0.2) is 48.5 Å². The normalized spacial score (nSPS) is 17.4. The highest BCUT2D eigenvalue weighted by Crippen LogP contribution is 2.29. The van der Waals surface area contributed by atoms with Crippen LogP contribution in [0.1, 0.15) is 35.7 Å². The van der Waals surface area contributed by atoms with Crippen molar-refractivity contribution in [1.82, 2.24) is 9.80 Å². The number of nitrogens with zero attached hydrogens (tertiary/aromatic N) is 3. The summed E-state index contributed by atoms with van der Waals surface area (Å²) in [5.74, 6) is 0.756. The highest BCUT2D eigenvalue weighted by molar-refractivity contribution is 6.30. The average Bonchev–Trinajstić information content (AvgIpc) is 2.91. The van der Waals surface area contributed by atoms with Crippen molar-refractivity contribution in [2.45, 2.75) is 26.3 Å². The van der Waals surface area contributed by atoms with Gasteiger partial charge < -0.3 is 14.7 Å². The third-order valence-electron chi connectivity index (χ3n) is 6.18. The van der Waals surface area contributed by atoms with Crippen molar-refractivity contribution in [3.05, 3.63) is 64.7 Å². The molecule has 0 saturated carbocycles. The second-order valence-corrected chi connectivity index (χ2v) is 8.75. The molecule has 0 aromatic heterocycles. The van der Waals surface area contributed by atoms with Gasteiger partial charge in [0.15, 0.2) is 0 Å². The molecule has 1 N–H and O–H groups in total. The van der Waals surface area contributed by atoms with Crippen LogP contribution in [0.25, 0.3) is 0 Å². The third-order valence-corrected chi connectivity index (χ3v) is 6.43. The molecular formula is C24H27ClN4O2. The first kappa shape index (κ1) is 21.4. The van der Waals surface area contributed by atoms with Crippen LogP contribution >= 0.6 is 11.6 Å². The lowest BCUT2D eigenvalue weighted by Crippen LogP contribution is -2.44. The number of carbonyl (C=O) groups is 2. The van der Waals surface area contributed by atoms with Gasteiger partial charge in [0.1, 0.15) is 6.54 Å². The standard InChI is InChI=1S/C24H27ClN4O2/c1-17(26)27-12-10-18(11-13-27)14-29-22-5-3-2-4-20(22)15-28(16-23(29)30)24(31)19-6-8-21(25)9-7-19/h2-9,18,26H,10-16H2,1H3. The Kier molecular flexibility index (Phi) is 6.28. The van der Waals surface area contributed by atoms with Crippen molar-refractivity contribution in [2.24, 2.45) is 5.92 Å². The first-order valence-corrected chi connectivity index (χ1v) is 11.0. The monoisotopic (exact) mass is 438 g/mol. The van der Waals surface area contributed by atoms with Crippen molar-refractivity contribution >= 4 is 34.9 Å². The predicted molar refractivity (Wildman–Crippen MR) is 123 cm³/mol. The summed E-state index contributed by atoms with van der Waals surface area (Å²) in [6.45, 7) is 4.61. The molecule has 0 atom stereocenters. The first-order valence-electron chi connectivity index (χ1n) is 10.7. The van der Waals surface area contributed by atoms with Gasteiger partial charge in [-0.2, -0.15) is 0 Å². The number of rotatable bonds is 3. The van der Waals surface area contributed by atoms with Crippen LogP contribution in [0, 0.1) is 11.3 Å². The van der Waals surface area contributed by atoms with Gasteiger partial charge in [-0.05, 0) is 61.6 Å². The molecule has 6 nitrogen and oxygen atoms in total. The number of hydrogen-bond acceptors (Lipinski definition) is 3. The second kappa shape index (κ2) is 9.10. The van der Waals surface area contributed by atoms with Crippen LogP contribution in [-0.4, -0.2) is 53.6 Å². The Hall–Kier alpha value is -2.86. The number of fused-ring (bicyclic) bond motifs is 1. The molecule has 0 bridgehead atoms. The minimum Gasteiger partial charge on any atom is -0.361 e. The van der Waals surface area contributed by atoms with Gasteiger partial charge in [-0.15, -0.1) is 0 Å². The van der Waals surface area contributed by atoms with Crippen molar-refractivity contribution in [1.29, 1.82) is 5.41 Å². The summed E-state index contributed by atoms with van der Waals surface area (Å²) >= 11 is 5.96. The molecule has 2 aliphatic heterocycles. The molecule has 162 valence electrons. The molecule has 31 heavy (non-hydrogen) atoms. The van der Waals surface area contributed by atoms with Gasteiger partial charge >= 0.3 is 0 Å². The van der Waals surface area contributed by atoms with E-state index in [4.69, 9.17) is 17.0 Å². The van der Waals surface area contributed by atoms with Gasteiger partial charge in [0.2, 0.25) is 5.91 Å². The lowest BCUT2D eigenvalue weighted by molar-refractivity contribution is -0.119. The van der Waals surface area contributed by atoms with E-state index < -0.39 is 0 Å². The van der Waals surface area contributed by atoms with Gasteiger partial charge in [0.05, 0.1) is 5.84 Å². The lowest BCUT2D eigenvalue weighted by atomic mass is 9.95. The molecule has 7 heteroatoms. The summed E-state index contributed by atoms with van der Waals surface area (Å²) in [7, 11) is 0. The third kappa shape index (κ3) is 4.74. The van der Waals surface area contributed by atoms with E-state index in [1.165, 1.54) is 0 Å². The van der Waals surface area contributed by atoms with Gasteiger partial charge in [0.25, 0.3) is 5.91 Å². The minimum atomic E-state index is -0.170. The van der Waals surface area contributed by atoms with Crippen molar-refractivity contribution < 1.29 is 9.59 Å². The van der Waals surface area contributed by atoms with Crippen molar-refractivity contribution in [3.63, 3.8) is 0 Å². The van der Waals surface area contributed by atoms with Crippen LogP contribution in [0.3, 0.4) is 0 Å². The van der Waals surface area contributed by atoms with E-state index in [9.17, 15) is 9.59 Å². The van der Waals surface area contributed by atoms with Crippen LogP contribution in [0.4, 0.5) is 5.69 Å². The van der Waals surface area contributed by atoms with Gasteiger partial charge in [0, 0.05) is 42.5 Å². The number of nitrogens with one attached hydrogen (secondary N) is 1. The maximum atomic E-state index is 13.3. The van der Waals surface area contributed by atoms with Crippen LogP contribution in [0.2, 0.25) is 5.02 Å². The Morgan fingerprint density at radius 2 is 1.71 bits per heavy atom. The quantitative estimate of drug-likeness (QED) is 0.581. The molecule has 2 amide bonds. The second-order valence-electron chi connectivity index (χ2n) is 8.32. The Morgan fingerprint density at radius 3 is 2.39 bits per heavy atom. The number of amides is 2. The molecule has 2 aliphatic rings. The molecule has 1 saturated heterocycles. The van der Waals surface area contributed by atoms with E-state index in [0.717, 1.165) is 37.2 Å². The number of benzene rings is 2. The molecule has 2 aromatic rings. The zero-order valence-corrected chi connectivity index (χ0v) is 18.4. The Morgan fingerprint density at radius 1 is 1.03 bits per heavy atom. The van der Waals surface area contributed by atoms with E-state index in [2.05, 4.69) is 4.90 Å². The predicted octanol–water partition coefficient (Wildman–Crippen LogP) is 4.04. The smallest absolute Gasteiger partial charge is 0.254 e. The number of carbonyl (C=O) groups excluding carboxylic acids is 2. The number of likely N-dealkylation sites (tertiary alicyclic amines) is 1. The molecule has 2 heterocycles. The summed E-state index contributed by atoms with van der Waals surface area (Å²) in [5.41, 5.74) is 2.39. The summed E-state index contributed by atoms with van der Waals surface area (Å²) in [4.78, 5) is 32.0. The molecule has 0 spiro atoms. The summed E-state index contributed by atoms with van der Waals surface area (Å²) in [5, 5.41) is 8.40. The number of piperidine rings is 1. The van der Waals surface area contributed by atoms with Gasteiger partial charge in [-0.3, -0.25) is 15.0 Å². The summed E-state index contributed by atoms with van der Waals surface area (Å²) < 4.78 is 0. The maximum absolute atomic E-state index is 13.3. The molecule has 0 aliphatic carbocycles. The van der Waals surface area contributed by atoms with Crippen LogP contribution in [-0.2, 0) is 11.3 Å². The lowest BCUT2D eigenvalue weighted by Gasteiger charge is -2.35. The minimum absolute atomic E-state index is 0.0502. The highest BCUT2D eigenvalue weighted by Gasteiger charge is 2.31. The molecule has 1 fully saturated rings. The largest absolute Gasteiger partial charge is 0.361 e. The van der Waals surface area contributed by atoms with E-state index in [-0.39, 0.29) is 18.4 Å². The zero-order valence-electron chi connectivity index (χ0n) is 17.7. The number of hydrogen-bond donors (Lipinski definition) is 1. The van der Waals surface area contributed by atoms with Crippen LogP contribution < -0.4 is 4.90 Å². The summed E-state index contributed by atoms with van der Waals surface area (Å²) in [6, 6.07) is 14.6. The Bertz CT molecular complexity index is 983. The number of anilines is 1. The number of para-hydroxylation sites is 1. The molecule has 2 aromatic carbocycles. The summed E-state index contributed by atoms with van der Waals surface area (Å²) in [6.07, 6.45) is 1.91. The first-order chi connectivity index (χ1) is 14.9. The van der Waals surface area contributed by atoms with Crippen LogP contribution in [0.5, 0.6) is 0 Å². The van der Waals surface area contributed by atoms with Gasteiger partial charge in [-0.1, -0.05) is 29.8 Å². The SMILES string of the molecule is CC(=N)N1CCC(CN2C(=O)CN(C(=O)c3ccc(Cl)cc3)Cc3ccccc32)CC1. The van der Waals surface area contributed by atoms with Gasteiger partial charge in [-0.25, -0.2) is 0 Å². The van der Waals surface area contributed by atoms with E-state index in [1.807, 2.05) is 36.1 Å². The number of halogens is 1. The number of amidine groups is 1. The van der Waals surface area contributed by atoms with E-state index >= 15 is 0 Å². The Balaban J connectivity index is 1.54. The average molecular weight is 439 g/mol. The maximum Gasteiger partial charge on any atom is 0.254 e. The molecule has 0 unspecified atom stereocenters. The molecule has 4 rings (SSSR count). The van der Waals surface area contributed by atoms with Crippen molar-refractivity contribution in [3.8, 4) is 0 Å².